The highest BCUT2D eigenvalue weighted by atomic mass is 16.5. The Morgan fingerprint density at radius 3 is 2.93 bits per heavy atom. The fourth-order valence-electron chi connectivity index (χ4n) is 1.24. The predicted octanol–water partition coefficient (Wildman–Crippen LogP) is 0.840. The summed E-state index contributed by atoms with van der Waals surface area (Å²) in [5.41, 5.74) is 0.441. The Morgan fingerprint density at radius 2 is 2.43 bits per heavy atom. The van der Waals surface area contributed by atoms with Crippen molar-refractivity contribution in [3.8, 4) is 0 Å². The van der Waals surface area contributed by atoms with Crippen LogP contribution in [0.4, 0.5) is 0 Å². The van der Waals surface area contributed by atoms with E-state index >= 15 is 0 Å². The van der Waals surface area contributed by atoms with Gasteiger partial charge in [-0.1, -0.05) is 6.58 Å². The van der Waals surface area contributed by atoms with Gasteiger partial charge >= 0.3 is 5.97 Å². The highest BCUT2D eigenvalue weighted by Crippen LogP contribution is 2.00. The number of carbonyl (C=O) groups excluding carboxylic acids is 1. The molecule has 0 aromatic carbocycles. The highest BCUT2D eigenvalue weighted by Gasteiger charge is 2.12. The molecule has 0 N–H and O–H groups in total. The molecular weight excluding hydrogens is 180 g/mol. The zero-order valence-corrected chi connectivity index (χ0v) is 8.75. The van der Waals surface area contributed by atoms with E-state index in [1.807, 2.05) is 6.92 Å². The second kappa shape index (κ2) is 4.79. The van der Waals surface area contributed by atoms with Crippen LogP contribution in [0.1, 0.15) is 13.8 Å². The van der Waals surface area contributed by atoms with Crippen LogP contribution in [0.15, 0.2) is 17.1 Å². The normalized spacial score (nSPS) is 15.3. The van der Waals surface area contributed by atoms with Crippen molar-refractivity contribution in [3.05, 3.63) is 12.2 Å². The van der Waals surface area contributed by atoms with Gasteiger partial charge in [-0.3, -0.25) is 4.99 Å². The Bertz CT molecular complexity index is 271. The Labute approximate surface area is 84.3 Å². The maximum Gasteiger partial charge on any atom is 0.333 e. The predicted molar refractivity (Wildman–Crippen MR) is 55.3 cm³/mol. The van der Waals surface area contributed by atoms with Gasteiger partial charge in [0.25, 0.3) is 0 Å². The van der Waals surface area contributed by atoms with Crippen LogP contribution in [0, 0.1) is 0 Å². The van der Waals surface area contributed by atoms with Crippen molar-refractivity contribution in [2.24, 2.45) is 4.99 Å². The minimum atomic E-state index is -0.321. The first kappa shape index (κ1) is 10.8. The second-order valence-electron chi connectivity index (χ2n) is 3.33. The lowest BCUT2D eigenvalue weighted by molar-refractivity contribution is -0.139. The SMILES string of the molecule is C=C(C)C(=O)OCCN1CCN=C1C. The topological polar surface area (TPSA) is 41.9 Å². The third-order valence-corrected chi connectivity index (χ3v) is 2.11. The minimum Gasteiger partial charge on any atom is -0.460 e. The smallest absolute Gasteiger partial charge is 0.333 e. The number of rotatable bonds is 4. The molecule has 0 fully saturated rings. The summed E-state index contributed by atoms with van der Waals surface area (Å²) in [6.45, 7) is 10.0. The molecule has 1 aliphatic heterocycles. The first-order valence-corrected chi connectivity index (χ1v) is 4.70. The number of amidine groups is 1. The molecular formula is C10H16N2O2. The molecule has 0 saturated carbocycles. The summed E-state index contributed by atoms with van der Waals surface area (Å²) < 4.78 is 4.98. The van der Waals surface area contributed by atoms with Crippen molar-refractivity contribution < 1.29 is 9.53 Å². The molecule has 0 radical (unpaired) electrons. The number of esters is 1. The van der Waals surface area contributed by atoms with E-state index in [0.29, 0.717) is 18.7 Å². The minimum absolute atomic E-state index is 0.321. The lowest BCUT2D eigenvalue weighted by atomic mass is 10.4. The van der Waals surface area contributed by atoms with Gasteiger partial charge < -0.3 is 9.64 Å². The van der Waals surface area contributed by atoms with Gasteiger partial charge in [-0.15, -0.1) is 0 Å². The van der Waals surface area contributed by atoms with E-state index in [1.54, 1.807) is 6.92 Å². The molecule has 78 valence electrons. The summed E-state index contributed by atoms with van der Waals surface area (Å²) in [6.07, 6.45) is 0. The summed E-state index contributed by atoms with van der Waals surface area (Å²) in [7, 11) is 0. The van der Waals surface area contributed by atoms with Gasteiger partial charge in [0.1, 0.15) is 6.61 Å². The molecule has 0 unspecified atom stereocenters. The van der Waals surface area contributed by atoms with Crippen LogP contribution in [-0.4, -0.2) is 42.9 Å². The summed E-state index contributed by atoms with van der Waals surface area (Å²) in [4.78, 5) is 17.4. The maximum absolute atomic E-state index is 11.0. The molecule has 0 bridgehead atoms. The third kappa shape index (κ3) is 2.87. The van der Waals surface area contributed by atoms with E-state index in [0.717, 1.165) is 18.9 Å². The van der Waals surface area contributed by atoms with E-state index in [-0.39, 0.29) is 5.97 Å². The summed E-state index contributed by atoms with van der Waals surface area (Å²) in [6, 6.07) is 0. The van der Waals surface area contributed by atoms with Crippen molar-refractivity contribution >= 4 is 11.8 Å². The summed E-state index contributed by atoms with van der Waals surface area (Å²) in [5.74, 6) is 0.704. The van der Waals surface area contributed by atoms with Crippen molar-refractivity contribution in [1.29, 1.82) is 0 Å². The molecule has 4 heteroatoms. The van der Waals surface area contributed by atoms with E-state index in [2.05, 4.69) is 16.5 Å². The molecule has 0 saturated heterocycles. The maximum atomic E-state index is 11.0. The van der Waals surface area contributed by atoms with Gasteiger partial charge in [-0.25, -0.2) is 4.79 Å². The van der Waals surface area contributed by atoms with Crippen LogP contribution in [0.25, 0.3) is 0 Å². The van der Waals surface area contributed by atoms with Crippen LogP contribution in [0.2, 0.25) is 0 Å². The summed E-state index contributed by atoms with van der Waals surface area (Å²) in [5, 5.41) is 0. The summed E-state index contributed by atoms with van der Waals surface area (Å²) >= 11 is 0. The first-order valence-electron chi connectivity index (χ1n) is 4.70. The van der Waals surface area contributed by atoms with Crippen molar-refractivity contribution in [3.63, 3.8) is 0 Å². The number of hydrogen-bond donors (Lipinski definition) is 0. The lowest BCUT2D eigenvalue weighted by Gasteiger charge is -2.17. The molecule has 0 aromatic rings. The average molecular weight is 196 g/mol. The molecule has 4 nitrogen and oxygen atoms in total. The Balaban J connectivity index is 2.19. The van der Waals surface area contributed by atoms with E-state index in [1.165, 1.54) is 0 Å². The van der Waals surface area contributed by atoms with E-state index < -0.39 is 0 Å². The van der Waals surface area contributed by atoms with Gasteiger partial charge in [0, 0.05) is 12.1 Å². The van der Waals surface area contributed by atoms with Crippen LogP contribution >= 0.6 is 0 Å². The van der Waals surface area contributed by atoms with Gasteiger partial charge in [-0.05, 0) is 13.8 Å². The van der Waals surface area contributed by atoms with Gasteiger partial charge in [0.15, 0.2) is 0 Å². The fraction of sp³-hybridized carbons (Fsp3) is 0.600. The highest BCUT2D eigenvalue weighted by molar-refractivity contribution is 5.87. The Kier molecular flexibility index (Phi) is 3.68. The Morgan fingerprint density at radius 1 is 1.71 bits per heavy atom. The monoisotopic (exact) mass is 196 g/mol. The third-order valence-electron chi connectivity index (χ3n) is 2.11. The molecule has 0 aliphatic carbocycles. The molecule has 1 rings (SSSR count). The molecule has 0 spiro atoms. The second-order valence-corrected chi connectivity index (χ2v) is 3.33. The molecule has 0 amide bonds. The average Bonchev–Trinajstić information content (AvgIpc) is 2.51. The molecule has 0 atom stereocenters. The van der Waals surface area contributed by atoms with Crippen molar-refractivity contribution in [2.45, 2.75) is 13.8 Å². The van der Waals surface area contributed by atoms with Crippen LogP contribution in [0.5, 0.6) is 0 Å². The molecule has 0 aromatic heterocycles. The lowest BCUT2D eigenvalue weighted by Crippen LogP contribution is -2.30. The molecule has 1 aliphatic rings. The van der Waals surface area contributed by atoms with Crippen molar-refractivity contribution in [1.82, 2.24) is 4.90 Å². The zero-order valence-electron chi connectivity index (χ0n) is 8.75. The fourth-order valence-corrected chi connectivity index (χ4v) is 1.24. The zero-order chi connectivity index (χ0) is 10.6. The van der Waals surface area contributed by atoms with Crippen LogP contribution < -0.4 is 0 Å². The number of aliphatic imine (C=N–C) groups is 1. The quantitative estimate of drug-likeness (QED) is 0.494. The standard InChI is InChI=1S/C10H16N2O2/c1-8(2)10(13)14-7-6-12-5-4-11-9(12)3/h1,4-7H2,2-3H3. The van der Waals surface area contributed by atoms with E-state index in [9.17, 15) is 4.79 Å². The first-order chi connectivity index (χ1) is 6.61. The van der Waals surface area contributed by atoms with Gasteiger partial charge in [0.2, 0.25) is 0 Å². The van der Waals surface area contributed by atoms with Crippen LogP contribution in [0.3, 0.4) is 0 Å². The van der Waals surface area contributed by atoms with E-state index in [4.69, 9.17) is 4.74 Å². The van der Waals surface area contributed by atoms with Gasteiger partial charge in [0.05, 0.1) is 18.9 Å². The van der Waals surface area contributed by atoms with Crippen molar-refractivity contribution in [2.75, 3.05) is 26.2 Å². The molecule has 1 heterocycles. The number of nitrogens with zero attached hydrogens (tertiary/aromatic N) is 2. The largest absolute Gasteiger partial charge is 0.460 e. The van der Waals surface area contributed by atoms with Crippen LogP contribution in [-0.2, 0) is 9.53 Å². The number of ether oxygens (including phenoxy) is 1. The number of hydrogen-bond acceptors (Lipinski definition) is 4. The van der Waals surface area contributed by atoms with Gasteiger partial charge in [-0.2, -0.15) is 0 Å². The Hall–Kier alpha value is -1.32. The molecule has 14 heavy (non-hydrogen) atoms. The number of carbonyl (C=O) groups is 1.